The number of aryl methyl sites for hydroxylation is 1. The van der Waals surface area contributed by atoms with Crippen molar-refractivity contribution in [1.29, 1.82) is 0 Å². The van der Waals surface area contributed by atoms with E-state index in [1.165, 1.54) is 12.1 Å². The molecule has 0 spiro atoms. The number of nitrogens with one attached hydrogen (secondary N) is 1. The minimum atomic E-state index is -0.279. The first kappa shape index (κ1) is 15.0. The lowest BCUT2D eigenvalue weighted by molar-refractivity contribution is 0.401. The summed E-state index contributed by atoms with van der Waals surface area (Å²) in [5, 5.41) is 7.55. The Hall–Kier alpha value is -1.40. The van der Waals surface area contributed by atoms with Crippen LogP contribution in [0, 0.1) is 5.82 Å². The van der Waals surface area contributed by atoms with Gasteiger partial charge in [-0.15, -0.1) is 0 Å². The van der Waals surface area contributed by atoms with Crippen molar-refractivity contribution >= 4 is 15.9 Å². The van der Waals surface area contributed by atoms with Gasteiger partial charge >= 0.3 is 0 Å². The SMILES string of the molecule is CCNC(c1cc(F)cc(Br)c1)c1c(OC)cnn1C. The average Bonchev–Trinajstić information content (AvgIpc) is 2.76. The van der Waals surface area contributed by atoms with Crippen LogP contribution in [0.5, 0.6) is 5.75 Å². The van der Waals surface area contributed by atoms with Gasteiger partial charge in [0.25, 0.3) is 0 Å². The van der Waals surface area contributed by atoms with Crippen molar-refractivity contribution in [2.24, 2.45) is 7.05 Å². The second-order valence-corrected chi connectivity index (χ2v) is 5.33. The molecule has 0 bridgehead atoms. The molecule has 1 unspecified atom stereocenters. The van der Waals surface area contributed by atoms with E-state index in [2.05, 4.69) is 26.3 Å². The van der Waals surface area contributed by atoms with Gasteiger partial charge in [0.05, 0.1) is 19.3 Å². The second kappa shape index (κ2) is 6.37. The van der Waals surface area contributed by atoms with E-state index in [0.29, 0.717) is 10.2 Å². The number of ether oxygens (including phenoxy) is 1. The van der Waals surface area contributed by atoms with Crippen molar-refractivity contribution in [2.45, 2.75) is 13.0 Å². The number of rotatable bonds is 5. The number of hydrogen-bond donors (Lipinski definition) is 1. The first-order valence-electron chi connectivity index (χ1n) is 6.32. The summed E-state index contributed by atoms with van der Waals surface area (Å²) in [5.41, 5.74) is 1.69. The Balaban J connectivity index is 2.52. The first-order chi connectivity index (χ1) is 9.56. The molecule has 2 aromatic rings. The minimum Gasteiger partial charge on any atom is -0.493 e. The molecule has 0 amide bonds. The quantitative estimate of drug-likeness (QED) is 0.908. The van der Waals surface area contributed by atoms with E-state index in [1.54, 1.807) is 18.0 Å². The van der Waals surface area contributed by atoms with E-state index in [0.717, 1.165) is 17.8 Å². The van der Waals surface area contributed by atoms with E-state index in [-0.39, 0.29) is 11.9 Å². The fourth-order valence-electron chi connectivity index (χ4n) is 2.23. The van der Waals surface area contributed by atoms with Gasteiger partial charge in [0.2, 0.25) is 0 Å². The van der Waals surface area contributed by atoms with Gasteiger partial charge in [0.1, 0.15) is 11.5 Å². The van der Waals surface area contributed by atoms with Gasteiger partial charge in [0, 0.05) is 11.5 Å². The summed E-state index contributed by atoms with van der Waals surface area (Å²) in [6.45, 7) is 2.75. The zero-order valence-electron chi connectivity index (χ0n) is 11.7. The van der Waals surface area contributed by atoms with Gasteiger partial charge < -0.3 is 10.1 Å². The molecule has 1 aromatic carbocycles. The van der Waals surface area contributed by atoms with Crippen molar-refractivity contribution in [1.82, 2.24) is 15.1 Å². The summed E-state index contributed by atoms with van der Waals surface area (Å²) in [6, 6.07) is 4.66. The summed E-state index contributed by atoms with van der Waals surface area (Å²) in [6.07, 6.45) is 1.66. The van der Waals surface area contributed by atoms with Crippen LogP contribution in [0.2, 0.25) is 0 Å². The molecule has 1 atom stereocenters. The maximum atomic E-state index is 13.6. The highest BCUT2D eigenvalue weighted by Crippen LogP contribution is 2.31. The molecule has 1 N–H and O–H groups in total. The van der Waals surface area contributed by atoms with E-state index in [1.807, 2.05) is 20.0 Å². The molecule has 2 rings (SSSR count). The molecule has 0 aliphatic rings. The van der Waals surface area contributed by atoms with Crippen molar-refractivity contribution in [3.8, 4) is 5.75 Å². The standard InChI is InChI=1S/C14H17BrFN3O/c1-4-17-13(9-5-10(15)7-11(16)6-9)14-12(20-3)8-18-19(14)2/h5-8,13,17H,4H2,1-3H3. The fourth-order valence-corrected chi connectivity index (χ4v) is 2.71. The molecule has 0 saturated carbocycles. The van der Waals surface area contributed by atoms with Crippen LogP contribution in [-0.4, -0.2) is 23.4 Å². The van der Waals surface area contributed by atoms with Crippen LogP contribution in [0.25, 0.3) is 0 Å². The second-order valence-electron chi connectivity index (χ2n) is 4.42. The van der Waals surface area contributed by atoms with Crippen LogP contribution in [0.4, 0.5) is 4.39 Å². The highest BCUT2D eigenvalue weighted by molar-refractivity contribution is 9.10. The lowest BCUT2D eigenvalue weighted by atomic mass is 10.0. The van der Waals surface area contributed by atoms with Crippen LogP contribution < -0.4 is 10.1 Å². The molecule has 0 saturated heterocycles. The Kier molecular flexibility index (Phi) is 4.77. The number of halogens is 2. The smallest absolute Gasteiger partial charge is 0.161 e. The van der Waals surface area contributed by atoms with Crippen molar-refractivity contribution in [3.05, 3.63) is 45.9 Å². The van der Waals surface area contributed by atoms with E-state index >= 15 is 0 Å². The van der Waals surface area contributed by atoms with Crippen LogP contribution in [-0.2, 0) is 7.05 Å². The molecule has 0 fully saturated rings. The topological polar surface area (TPSA) is 39.1 Å². The third kappa shape index (κ3) is 3.02. The monoisotopic (exact) mass is 341 g/mol. The molecule has 4 nitrogen and oxygen atoms in total. The number of benzene rings is 1. The average molecular weight is 342 g/mol. The normalized spacial score (nSPS) is 12.4. The summed E-state index contributed by atoms with van der Waals surface area (Å²) < 4.78 is 21.4. The first-order valence-corrected chi connectivity index (χ1v) is 7.11. The van der Waals surface area contributed by atoms with Gasteiger partial charge in [-0.2, -0.15) is 5.10 Å². The van der Waals surface area contributed by atoms with Gasteiger partial charge in [0.15, 0.2) is 5.75 Å². The molecule has 1 heterocycles. The van der Waals surface area contributed by atoms with Gasteiger partial charge in [-0.25, -0.2) is 4.39 Å². The van der Waals surface area contributed by atoms with Crippen molar-refractivity contribution in [3.63, 3.8) is 0 Å². The van der Waals surface area contributed by atoms with Gasteiger partial charge in [-0.1, -0.05) is 22.9 Å². The Labute approximate surface area is 126 Å². The van der Waals surface area contributed by atoms with Crippen LogP contribution >= 0.6 is 15.9 Å². The summed E-state index contributed by atoms with van der Waals surface area (Å²) in [5.74, 6) is 0.400. The van der Waals surface area contributed by atoms with E-state index in [4.69, 9.17) is 4.74 Å². The lowest BCUT2D eigenvalue weighted by Gasteiger charge is -2.20. The van der Waals surface area contributed by atoms with Gasteiger partial charge in [-0.05, 0) is 30.3 Å². The Bertz CT molecular complexity index is 580. The fraction of sp³-hybridized carbons (Fsp3) is 0.357. The molecular weight excluding hydrogens is 325 g/mol. The Morgan fingerprint density at radius 1 is 1.45 bits per heavy atom. The maximum Gasteiger partial charge on any atom is 0.161 e. The molecule has 0 radical (unpaired) electrons. The summed E-state index contributed by atoms with van der Waals surface area (Å²) >= 11 is 3.33. The highest BCUT2D eigenvalue weighted by Gasteiger charge is 2.22. The van der Waals surface area contributed by atoms with Crippen LogP contribution in [0.15, 0.2) is 28.9 Å². The molecule has 6 heteroatoms. The zero-order valence-corrected chi connectivity index (χ0v) is 13.2. The maximum absolute atomic E-state index is 13.6. The third-order valence-corrected chi connectivity index (χ3v) is 3.53. The van der Waals surface area contributed by atoms with Crippen LogP contribution in [0.1, 0.15) is 24.2 Å². The largest absolute Gasteiger partial charge is 0.493 e. The zero-order chi connectivity index (χ0) is 14.7. The predicted molar refractivity (Wildman–Crippen MR) is 79.4 cm³/mol. The van der Waals surface area contributed by atoms with Crippen molar-refractivity contribution in [2.75, 3.05) is 13.7 Å². The van der Waals surface area contributed by atoms with E-state index in [9.17, 15) is 4.39 Å². The third-order valence-electron chi connectivity index (χ3n) is 3.07. The molecular formula is C14H17BrFN3O. The summed E-state index contributed by atoms with van der Waals surface area (Å²) in [7, 11) is 3.45. The predicted octanol–water partition coefficient (Wildman–Crippen LogP) is 3.03. The molecule has 1 aromatic heterocycles. The number of hydrogen-bond acceptors (Lipinski definition) is 3. The van der Waals surface area contributed by atoms with E-state index < -0.39 is 0 Å². The Morgan fingerprint density at radius 3 is 2.80 bits per heavy atom. The molecule has 0 aliphatic heterocycles. The number of aromatic nitrogens is 2. The lowest BCUT2D eigenvalue weighted by Crippen LogP contribution is -2.25. The van der Waals surface area contributed by atoms with Gasteiger partial charge in [-0.3, -0.25) is 4.68 Å². The molecule has 20 heavy (non-hydrogen) atoms. The van der Waals surface area contributed by atoms with Crippen LogP contribution in [0.3, 0.4) is 0 Å². The van der Waals surface area contributed by atoms with Crippen molar-refractivity contribution < 1.29 is 9.13 Å². The minimum absolute atomic E-state index is 0.186. The Morgan fingerprint density at radius 2 is 2.20 bits per heavy atom. The summed E-state index contributed by atoms with van der Waals surface area (Å²) in [4.78, 5) is 0. The molecule has 108 valence electrons. The number of methoxy groups -OCH3 is 1. The molecule has 0 aliphatic carbocycles. The number of nitrogens with zero attached hydrogens (tertiary/aromatic N) is 2. The highest BCUT2D eigenvalue weighted by atomic mass is 79.9.